The molecule has 0 saturated carbocycles. The first-order valence-corrected chi connectivity index (χ1v) is 12.4. The second-order valence-corrected chi connectivity index (χ2v) is 9.55. The minimum Gasteiger partial charge on any atom is -0.350 e. The van der Waals surface area contributed by atoms with Crippen LogP contribution in [-0.2, 0) is 17.9 Å². The number of hydrogen-bond donors (Lipinski definition) is 3. The number of anilines is 2. The fourth-order valence-corrected chi connectivity index (χ4v) is 4.79. The quantitative estimate of drug-likeness (QED) is 0.314. The molecule has 1 fully saturated rings. The normalized spacial score (nSPS) is 15.6. The van der Waals surface area contributed by atoms with Crippen LogP contribution in [0.5, 0.6) is 0 Å². The Bertz CT molecular complexity index is 1450. The SMILES string of the molecule is CC(=O)Nc1ccc(-c2nc3cnc(NCc4ccc(F)c(F)c4)nc3n2CC2CCCNC2)c(Cl)c1. The predicted octanol–water partition coefficient (Wildman–Crippen LogP) is 5.00. The van der Waals surface area contributed by atoms with Crippen molar-refractivity contribution in [3.63, 3.8) is 0 Å². The molecule has 0 spiro atoms. The molecule has 1 atom stereocenters. The van der Waals surface area contributed by atoms with Gasteiger partial charge in [0.25, 0.3) is 0 Å². The summed E-state index contributed by atoms with van der Waals surface area (Å²) in [5.74, 6) is -0.582. The average molecular weight is 526 g/mol. The molecule has 8 nitrogen and oxygen atoms in total. The summed E-state index contributed by atoms with van der Waals surface area (Å²) in [7, 11) is 0. The summed E-state index contributed by atoms with van der Waals surface area (Å²) in [6.45, 7) is 4.25. The number of imidazole rings is 1. The molecular formula is C26H26ClF2N7O. The number of fused-ring (bicyclic) bond motifs is 1. The number of nitrogens with zero attached hydrogens (tertiary/aromatic N) is 4. The highest BCUT2D eigenvalue weighted by atomic mass is 35.5. The molecule has 1 amide bonds. The number of aromatic nitrogens is 4. The number of carbonyl (C=O) groups excluding carboxylic acids is 1. The Labute approximate surface area is 217 Å². The summed E-state index contributed by atoms with van der Waals surface area (Å²) in [5, 5.41) is 9.73. The second-order valence-electron chi connectivity index (χ2n) is 9.14. The molecule has 3 N–H and O–H groups in total. The van der Waals surface area contributed by atoms with Crippen LogP contribution in [0.2, 0.25) is 5.02 Å². The van der Waals surface area contributed by atoms with Crippen LogP contribution in [0, 0.1) is 17.6 Å². The third kappa shape index (κ3) is 5.70. The van der Waals surface area contributed by atoms with Gasteiger partial charge in [-0.1, -0.05) is 17.7 Å². The van der Waals surface area contributed by atoms with E-state index >= 15 is 0 Å². The molecule has 3 heterocycles. The Hall–Kier alpha value is -3.63. The number of rotatable bonds is 7. The van der Waals surface area contributed by atoms with Gasteiger partial charge in [0.15, 0.2) is 17.3 Å². The van der Waals surface area contributed by atoms with Crippen molar-refractivity contribution in [2.75, 3.05) is 23.7 Å². The first-order valence-electron chi connectivity index (χ1n) is 12.1. The summed E-state index contributed by atoms with van der Waals surface area (Å²) in [5.41, 5.74) is 3.14. The smallest absolute Gasteiger partial charge is 0.225 e. The van der Waals surface area contributed by atoms with Gasteiger partial charge in [-0.15, -0.1) is 0 Å². The van der Waals surface area contributed by atoms with Crippen LogP contribution >= 0.6 is 11.6 Å². The number of amides is 1. The van der Waals surface area contributed by atoms with Crippen molar-refractivity contribution in [1.29, 1.82) is 0 Å². The maximum atomic E-state index is 13.6. The summed E-state index contributed by atoms with van der Waals surface area (Å²) in [4.78, 5) is 25.3. The Kier molecular flexibility index (Phi) is 7.29. The number of nitrogens with one attached hydrogen (secondary N) is 3. The zero-order chi connectivity index (χ0) is 25.9. The van der Waals surface area contributed by atoms with Crippen LogP contribution in [0.15, 0.2) is 42.6 Å². The summed E-state index contributed by atoms with van der Waals surface area (Å²) in [6, 6.07) is 9.07. The highest BCUT2D eigenvalue weighted by Gasteiger charge is 2.22. The van der Waals surface area contributed by atoms with E-state index in [2.05, 4.69) is 25.5 Å². The minimum atomic E-state index is -0.902. The molecule has 2 aromatic heterocycles. The van der Waals surface area contributed by atoms with Gasteiger partial charge in [-0.2, -0.15) is 4.98 Å². The van der Waals surface area contributed by atoms with Crippen molar-refractivity contribution >= 4 is 40.3 Å². The highest BCUT2D eigenvalue weighted by molar-refractivity contribution is 6.33. The van der Waals surface area contributed by atoms with Crippen LogP contribution in [0.3, 0.4) is 0 Å². The zero-order valence-electron chi connectivity index (χ0n) is 20.2. The summed E-state index contributed by atoms with van der Waals surface area (Å²) < 4.78 is 28.9. The van der Waals surface area contributed by atoms with Crippen molar-refractivity contribution in [3.05, 3.63) is 64.8 Å². The zero-order valence-corrected chi connectivity index (χ0v) is 20.9. The molecule has 4 aromatic rings. The van der Waals surface area contributed by atoms with Crippen LogP contribution < -0.4 is 16.0 Å². The van der Waals surface area contributed by atoms with Crippen molar-refractivity contribution in [1.82, 2.24) is 24.8 Å². The lowest BCUT2D eigenvalue weighted by molar-refractivity contribution is -0.114. The van der Waals surface area contributed by atoms with Gasteiger partial charge in [0, 0.05) is 31.3 Å². The van der Waals surface area contributed by atoms with E-state index in [1.54, 1.807) is 18.3 Å². The molecule has 1 unspecified atom stereocenters. The Morgan fingerprint density at radius 3 is 2.78 bits per heavy atom. The van der Waals surface area contributed by atoms with Crippen LogP contribution in [0.1, 0.15) is 25.3 Å². The van der Waals surface area contributed by atoms with E-state index in [-0.39, 0.29) is 12.5 Å². The van der Waals surface area contributed by atoms with E-state index in [9.17, 15) is 13.6 Å². The van der Waals surface area contributed by atoms with Crippen LogP contribution in [0.25, 0.3) is 22.6 Å². The molecule has 192 valence electrons. The van der Waals surface area contributed by atoms with E-state index in [1.165, 1.54) is 13.0 Å². The monoisotopic (exact) mass is 525 g/mol. The molecule has 37 heavy (non-hydrogen) atoms. The first kappa shape index (κ1) is 25.0. The fraction of sp³-hybridized carbons (Fsp3) is 0.308. The molecule has 1 aliphatic rings. The lowest BCUT2D eigenvalue weighted by atomic mass is 9.99. The van der Waals surface area contributed by atoms with Crippen molar-refractivity contribution in [3.8, 4) is 11.4 Å². The highest BCUT2D eigenvalue weighted by Crippen LogP contribution is 2.33. The van der Waals surface area contributed by atoms with Gasteiger partial charge in [-0.25, -0.2) is 18.7 Å². The van der Waals surface area contributed by atoms with Gasteiger partial charge in [-0.05, 0) is 67.7 Å². The summed E-state index contributed by atoms with van der Waals surface area (Å²) >= 11 is 6.64. The molecule has 1 saturated heterocycles. The van der Waals surface area contributed by atoms with E-state index in [0.29, 0.717) is 57.2 Å². The van der Waals surface area contributed by atoms with E-state index < -0.39 is 11.6 Å². The molecule has 1 aliphatic heterocycles. The molecule has 5 rings (SSSR count). The third-order valence-corrected chi connectivity index (χ3v) is 6.61. The van der Waals surface area contributed by atoms with Crippen molar-refractivity contribution in [2.45, 2.75) is 32.9 Å². The van der Waals surface area contributed by atoms with E-state index in [1.807, 2.05) is 6.07 Å². The molecule has 2 aromatic carbocycles. The van der Waals surface area contributed by atoms with Gasteiger partial charge in [0.1, 0.15) is 11.3 Å². The summed E-state index contributed by atoms with van der Waals surface area (Å²) in [6.07, 6.45) is 3.80. The van der Waals surface area contributed by atoms with Crippen molar-refractivity contribution in [2.24, 2.45) is 5.92 Å². The van der Waals surface area contributed by atoms with E-state index in [0.717, 1.165) is 38.1 Å². The van der Waals surface area contributed by atoms with Crippen molar-refractivity contribution < 1.29 is 13.6 Å². The fourth-order valence-electron chi connectivity index (χ4n) is 4.53. The largest absolute Gasteiger partial charge is 0.350 e. The third-order valence-electron chi connectivity index (χ3n) is 6.29. The molecule has 0 bridgehead atoms. The van der Waals surface area contributed by atoms with Crippen LogP contribution in [0.4, 0.5) is 20.4 Å². The minimum absolute atomic E-state index is 0.181. The van der Waals surface area contributed by atoms with Crippen LogP contribution in [-0.4, -0.2) is 38.5 Å². The topological polar surface area (TPSA) is 96.8 Å². The first-order chi connectivity index (χ1) is 17.9. The number of benzene rings is 2. The molecular weight excluding hydrogens is 500 g/mol. The Morgan fingerprint density at radius 2 is 2.05 bits per heavy atom. The number of halogens is 3. The molecule has 0 aliphatic carbocycles. The lowest BCUT2D eigenvalue weighted by Gasteiger charge is -2.24. The Balaban J connectivity index is 1.50. The maximum absolute atomic E-state index is 13.6. The Morgan fingerprint density at radius 1 is 1.19 bits per heavy atom. The second kappa shape index (κ2) is 10.8. The van der Waals surface area contributed by atoms with Gasteiger partial charge in [0.2, 0.25) is 11.9 Å². The lowest BCUT2D eigenvalue weighted by Crippen LogP contribution is -2.32. The van der Waals surface area contributed by atoms with E-state index in [4.69, 9.17) is 21.6 Å². The van der Waals surface area contributed by atoms with Gasteiger partial charge < -0.3 is 20.5 Å². The van der Waals surface area contributed by atoms with Gasteiger partial charge in [-0.3, -0.25) is 4.79 Å². The number of piperidine rings is 1. The van der Waals surface area contributed by atoms with Gasteiger partial charge >= 0.3 is 0 Å². The molecule has 11 heteroatoms. The number of hydrogen-bond acceptors (Lipinski definition) is 6. The van der Waals surface area contributed by atoms with Gasteiger partial charge in [0.05, 0.1) is 11.2 Å². The molecule has 0 radical (unpaired) electrons. The standard InChI is InChI=1S/C26H26ClF2N7O/c1-15(37)33-18-5-6-19(20(27)10-18)24-34-23-13-32-26(31-12-16-4-7-21(28)22(29)9-16)35-25(23)36(24)14-17-3-2-8-30-11-17/h4-7,9-10,13,17,30H,2-3,8,11-12,14H2,1H3,(H,33,37)(H,31,32,35). The number of carbonyl (C=O) groups is 1. The predicted molar refractivity (Wildman–Crippen MR) is 139 cm³/mol. The average Bonchev–Trinajstić information content (AvgIpc) is 3.22. The maximum Gasteiger partial charge on any atom is 0.225 e.